The third-order valence-electron chi connectivity index (χ3n) is 8.34. The van der Waals surface area contributed by atoms with Crippen LogP contribution in [0.15, 0.2) is 48.5 Å². The summed E-state index contributed by atoms with van der Waals surface area (Å²) in [6, 6.07) is 17.9. The highest BCUT2D eigenvalue weighted by atomic mass is 16.5. The number of likely N-dealkylation sites (tertiary alicyclic amines) is 2. The molecule has 1 amide bonds. The van der Waals surface area contributed by atoms with Gasteiger partial charge >= 0.3 is 0 Å². The van der Waals surface area contributed by atoms with E-state index < -0.39 is 0 Å². The minimum Gasteiger partial charge on any atom is -0.490 e. The number of rotatable bonds is 8. The molecule has 5 rings (SSSR count). The standard InChI is InChI=1S/C31H41N5O2/c32-21-24-1-3-25(4-2-24)22-36-19-13-30(14-20-36)38-29-7-5-27(6-8-29)31(37)34-28-11-17-35(18-12-28)23-26-9-15-33-16-10-26/h1-8,26,28,30,33H,9-20,22-23H2,(H,34,37). The van der Waals surface area contributed by atoms with Crippen LogP contribution in [0.3, 0.4) is 0 Å². The number of piperidine rings is 3. The molecule has 2 aromatic carbocycles. The van der Waals surface area contributed by atoms with Gasteiger partial charge in [-0.1, -0.05) is 12.1 Å². The molecule has 0 bridgehead atoms. The van der Waals surface area contributed by atoms with Crippen LogP contribution in [-0.4, -0.2) is 73.7 Å². The molecule has 0 unspecified atom stereocenters. The molecule has 0 aliphatic carbocycles. The first kappa shape index (κ1) is 26.7. The number of hydrogen-bond acceptors (Lipinski definition) is 6. The van der Waals surface area contributed by atoms with Gasteiger partial charge in [0.2, 0.25) is 0 Å². The molecule has 0 aromatic heterocycles. The maximum atomic E-state index is 12.8. The van der Waals surface area contributed by atoms with Crippen molar-refractivity contribution in [2.75, 3.05) is 45.8 Å². The Morgan fingerprint density at radius 3 is 2.21 bits per heavy atom. The molecule has 7 nitrogen and oxygen atoms in total. The number of hydrogen-bond donors (Lipinski definition) is 2. The molecular weight excluding hydrogens is 474 g/mol. The van der Waals surface area contributed by atoms with Crippen molar-refractivity contribution < 1.29 is 9.53 Å². The second-order valence-electron chi connectivity index (χ2n) is 11.2. The average Bonchev–Trinajstić information content (AvgIpc) is 2.96. The summed E-state index contributed by atoms with van der Waals surface area (Å²) < 4.78 is 6.24. The first-order valence-electron chi connectivity index (χ1n) is 14.4. The summed E-state index contributed by atoms with van der Waals surface area (Å²) >= 11 is 0. The minimum atomic E-state index is 0.0180. The molecule has 0 radical (unpaired) electrons. The van der Waals surface area contributed by atoms with Gasteiger partial charge in [-0.25, -0.2) is 0 Å². The summed E-state index contributed by atoms with van der Waals surface area (Å²) in [7, 11) is 0. The largest absolute Gasteiger partial charge is 0.490 e. The van der Waals surface area contributed by atoms with Gasteiger partial charge < -0.3 is 20.3 Å². The van der Waals surface area contributed by atoms with Gasteiger partial charge in [0.05, 0.1) is 11.6 Å². The SMILES string of the molecule is N#Cc1ccc(CN2CCC(Oc3ccc(C(=O)NC4CCN(CC5CCNCC5)CC4)cc3)CC2)cc1. The summed E-state index contributed by atoms with van der Waals surface area (Å²) in [6.07, 6.45) is 6.79. The second-order valence-corrected chi connectivity index (χ2v) is 11.2. The van der Waals surface area contributed by atoms with E-state index in [0.717, 1.165) is 83.2 Å². The Hall–Kier alpha value is -2.92. The highest BCUT2D eigenvalue weighted by Gasteiger charge is 2.24. The van der Waals surface area contributed by atoms with E-state index in [9.17, 15) is 4.79 Å². The summed E-state index contributed by atoms with van der Waals surface area (Å²) in [4.78, 5) is 17.9. The fourth-order valence-corrected chi connectivity index (χ4v) is 5.96. The molecule has 3 aliphatic heterocycles. The molecule has 0 atom stereocenters. The smallest absolute Gasteiger partial charge is 0.251 e. The number of carbonyl (C=O) groups excluding carboxylic acids is 1. The summed E-state index contributed by atoms with van der Waals surface area (Å²) in [5.74, 6) is 1.67. The molecule has 7 heteroatoms. The number of benzene rings is 2. The van der Waals surface area contributed by atoms with Gasteiger partial charge in [-0.15, -0.1) is 0 Å². The number of carbonyl (C=O) groups is 1. The zero-order valence-corrected chi connectivity index (χ0v) is 22.4. The predicted molar refractivity (Wildman–Crippen MR) is 149 cm³/mol. The van der Waals surface area contributed by atoms with E-state index in [1.165, 1.54) is 24.9 Å². The molecule has 3 aliphatic rings. The van der Waals surface area contributed by atoms with Crippen LogP contribution in [0.4, 0.5) is 0 Å². The van der Waals surface area contributed by atoms with Gasteiger partial charge in [0.1, 0.15) is 11.9 Å². The molecule has 38 heavy (non-hydrogen) atoms. The maximum absolute atomic E-state index is 12.8. The Labute approximate surface area is 227 Å². The molecule has 3 saturated heterocycles. The zero-order valence-electron chi connectivity index (χ0n) is 22.4. The van der Waals surface area contributed by atoms with Crippen molar-refractivity contribution in [2.45, 2.75) is 57.2 Å². The minimum absolute atomic E-state index is 0.0180. The Kier molecular flexibility index (Phi) is 9.29. The van der Waals surface area contributed by atoms with Crippen LogP contribution in [0.25, 0.3) is 0 Å². The third kappa shape index (κ3) is 7.57. The molecule has 3 fully saturated rings. The molecule has 202 valence electrons. The van der Waals surface area contributed by atoms with Crippen LogP contribution in [0, 0.1) is 17.2 Å². The van der Waals surface area contributed by atoms with E-state index in [1.54, 1.807) is 0 Å². The Morgan fingerprint density at radius 1 is 0.895 bits per heavy atom. The lowest BCUT2D eigenvalue weighted by Crippen LogP contribution is -2.46. The fourth-order valence-electron chi connectivity index (χ4n) is 5.96. The van der Waals surface area contributed by atoms with Gasteiger partial charge in [-0.05, 0) is 99.5 Å². The van der Waals surface area contributed by atoms with Crippen LogP contribution < -0.4 is 15.4 Å². The summed E-state index contributed by atoms with van der Waals surface area (Å²) in [5, 5.41) is 15.7. The van der Waals surface area contributed by atoms with E-state index >= 15 is 0 Å². The van der Waals surface area contributed by atoms with Crippen molar-refractivity contribution in [3.05, 3.63) is 65.2 Å². The van der Waals surface area contributed by atoms with Crippen LogP contribution in [0.5, 0.6) is 5.75 Å². The van der Waals surface area contributed by atoms with Gasteiger partial charge in [0, 0.05) is 50.9 Å². The van der Waals surface area contributed by atoms with E-state index in [4.69, 9.17) is 10.00 Å². The molecule has 2 aromatic rings. The molecular formula is C31H41N5O2. The van der Waals surface area contributed by atoms with E-state index in [0.29, 0.717) is 11.1 Å². The lowest BCUT2D eigenvalue weighted by molar-refractivity contribution is 0.0901. The van der Waals surface area contributed by atoms with Crippen LogP contribution in [0.2, 0.25) is 0 Å². The molecule has 0 saturated carbocycles. The summed E-state index contributed by atoms with van der Waals surface area (Å²) in [6.45, 7) is 8.55. The van der Waals surface area contributed by atoms with Crippen LogP contribution in [-0.2, 0) is 6.54 Å². The first-order valence-corrected chi connectivity index (χ1v) is 14.4. The van der Waals surface area contributed by atoms with Crippen molar-refractivity contribution in [3.63, 3.8) is 0 Å². The zero-order chi connectivity index (χ0) is 26.2. The number of ether oxygens (including phenoxy) is 1. The van der Waals surface area contributed by atoms with Crippen LogP contribution in [0.1, 0.15) is 60.0 Å². The van der Waals surface area contributed by atoms with Crippen molar-refractivity contribution in [1.82, 2.24) is 20.4 Å². The van der Waals surface area contributed by atoms with Gasteiger partial charge in [0.25, 0.3) is 5.91 Å². The van der Waals surface area contributed by atoms with E-state index in [1.807, 2.05) is 48.5 Å². The first-order chi connectivity index (χ1) is 18.6. The highest BCUT2D eigenvalue weighted by molar-refractivity contribution is 5.94. The highest BCUT2D eigenvalue weighted by Crippen LogP contribution is 2.22. The normalized spacial score (nSPS) is 20.6. The number of amides is 1. The monoisotopic (exact) mass is 515 g/mol. The van der Waals surface area contributed by atoms with Crippen molar-refractivity contribution in [3.8, 4) is 11.8 Å². The van der Waals surface area contributed by atoms with Gasteiger partial charge in [-0.2, -0.15) is 5.26 Å². The Morgan fingerprint density at radius 2 is 1.55 bits per heavy atom. The van der Waals surface area contributed by atoms with Gasteiger partial charge in [-0.3, -0.25) is 9.69 Å². The van der Waals surface area contributed by atoms with E-state index in [-0.39, 0.29) is 18.1 Å². The quantitative estimate of drug-likeness (QED) is 0.557. The predicted octanol–water partition coefficient (Wildman–Crippen LogP) is 3.80. The number of nitriles is 1. The van der Waals surface area contributed by atoms with Crippen molar-refractivity contribution in [1.29, 1.82) is 5.26 Å². The van der Waals surface area contributed by atoms with Gasteiger partial charge in [0.15, 0.2) is 0 Å². The second kappa shape index (κ2) is 13.2. The Bertz CT molecular complexity index is 1060. The third-order valence-corrected chi connectivity index (χ3v) is 8.34. The number of nitrogens with one attached hydrogen (secondary N) is 2. The topological polar surface area (TPSA) is 80.6 Å². The lowest BCUT2D eigenvalue weighted by Gasteiger charge is -2.35. The fraction of sp³-hybridized carbons (Fsp3) is 0.548. The lowest BCUT2D eigenvalue weighted by atomic mass is 9.96. The molecule has 0 spiro atoms. The molecule has 3 heterocycles. The number of nitrogens with zero attached hydrogens (tertiary/aromatic N) is 3. The Balaban J connectivity index is 1.01. The van der Waals surface area contributed by atoms with E-state index in [2.05, 4.69) is 26.5 Å². The molecule has 2 N–H and O–H groups in total. The van der Waals surface area contributed by atoms with Crippen molar-refractivity contribution in [2.24, 2.45) is 5.92 Å². The maximum Gasteiger partial charge on any atom is 0.251 e. The van der Waals surface area contributed by atoms with Crippen molar-refractivity contribution >= 4 is 5.91 Å². The average molecular weight is 516 g/mol. The summed E-state index contributed by atoms with van der Waals surface area (Å²) in [5.41, 5.74) is 2.64. The van der Waals surface area contributed by atoms with Crippen LogP contribution >= 0.6 is 0 Å².